The van der Waals surface area contributed by atoms with Crippen LogP contribution in [0.15, 0.2) is 29.7 Å². The van der Waals surface area contributed by atoms with Crippen LogP contribution in [0.1, 0.15) is 5.56 Å². The molecule has 0 bridgehead atoms. The highest BCUT2D eigenvalue weighted by Gasteiger charge is 2.04. The molecule has 0 saturated heterocycles. The molecule has 2 rings (SSSR count). The van der Waals surface area contributed by atoms with Gasteiger partial charge in [0.1, 0.15) is 12.1 Å². The van der Waals surface area contributed by atoms with Gasteiger partial charge in [0.15, 0.2) is 5.16 Å². The summed E-state index contributed by atoms with van der Waals surface area (Å²) in [5.74, 6) is 0.211. The molecule has 6 heteroatoms. The summed E-state index contributed by atoms with van der Waals surface area (Å²) in [5.41, 5.74) is 6.48. The zero-order valence-electron chi connectivity index (χ0n) is 7.77. The van der Waals surface area contributed by atoms with Crippen molar-refractivity contribution >= 4 is 17.4 Å². The molecular formula is C9H9FN4S. The van der Waals surface area contributed by atoms with E-state index in [-0.39, 0.29) is 5.82 Å². The monoisotopic (exact) mass is 224 g/mol. The second-order valence-electron chi connectivity index (χ2n) is 2.93. The Morgan fingerprint density at radius 2 is 2.33 bits per heavy atom. The fraction of sp³-hybridized carbons (Fsp3) is 0.111. The third-order valence-corrected chi connectivity index (χ3v) is 2.76. The Morgan fingerprint density at radius 1 is 1.47 bits per heavy atom. The number of H-pyrrole nitrogens is 1. The zero-order valence-corrected chi connectivity index (χ0v) is 8.59. The summed E-state index contributed by atoms with van der Waals surface area (Å²) in [7, 11) is 0. The maximum absolute atomic E-state index is 13.3. The summed E-state index contributed by atoms with van der Waals surface area (Å²) in [4.78, 5) is 3.93. The first-order chi connectivity index (χ1) is 7.25. The Labute approximate surface area is 90.1 Å². The van der Waals surface area contributed by atoms with E-state index in [1.54, 1.807) is 12.1 Å². The normalized spacial score (nSPS) is 10.5. The van der Waals surface area contributed by atoms with Crippen molar-refractivity contribution in [2.24, 2.45) is 0 Å². The molecule has 0 aliphatic carbocycles. The lowest BCUT2D eigenvalue weighted by molar-refractivity contribution is 0.618. The minimum atomic E-state index is -0.290. The van der Waals surface area contributed by atoms with Crippen molar-refractivity contribution in [2.45, 2.75) is 10.9 Å². The number of halogens is 1. The molecule has 4 nitrogen and oxygen atoms in total. The molecular weight excluding hydrogens is 215 g/mol. The number of hydrogen-bond acceptors (Lipinski definition) is 4. The third-order valence-electron chi connectivity index (χ3n) is 1.83. The summed E-state index contributed by atoms with van der Waals surface area (Å²) in [5, 5.41) is 7.07. The highest BCUT2D eigenvalue weighted by atomic mass is 32.2. The number of aromatic amines is 1. The van der Waals surface area contributed by atoms with Crippen molar-refractivity contribution in [1.82, 2.24) is 15.2 Å². The first kappa shape index (κ1) is 9.97. The Kier molecular flexibility index (Phi) is 2.86. The Bertz CT molecular complexity index is 443. The molecule has 1 aromatic carbocycles. The van der Waals surface area contributed by atoms with Gasteiger partial charge in [-0.1, -0.05) is 17.8 Å². The fourth-order valence-electron chi connectivity index (χ4n) is 1.09. The van der Waals surface area contributed by atoms with Gasteiger partial charge >= 0.3 is 0 Å². The molecule has 78 valence electrons. The maximum atomic E-state index is 13.3. The predicted octanol–water partition coefficient (Wildman–Crippen LogP) is 1.82. The lowest BCUT2D eigenvalue weighted by Gasteiger charge is -2.01. The van der Waals surface area contributed by atoms with E-state index in [0.29, 0.717) is 22.2 Å². The van der Waals surface area contributed by atoms with Crippen molar-refractivity contribution in [3.8, 4) is 0 Å². The number of rotatable bonds is 3. The molecule has 0 aliphatic rings. The second-order valence-corrected chi connectivity index (χ2v) is 3.89. The highest BCUT2D eigenvalue weighted by Crippen LogP contribution is 2.21. The highest BCUT2D eigenvalue weighted by molar-refractivity contribution is 7.98. The second kappa shape index (κ2) is 4.31. The standard InChI is InChI=1S/C9H9FN4S/c10-8-3-7(11)2-1-6(8)4-15-9-12-5-13-14-9/h1-3,5H,4,11H2,(H,12,13,14). The van der Waals surface area contributed by atoms with Gasteiger partial charge in [-0.25, -0.2) is 9.37 Å². The SMILES string of the molecule is Nc1ccc(CSc2ncn[nH]2)c(F)c1. The molecule has 1 aromatic heterocycles. The van der Waals surface area contributed by atoms with Gasteiger partial charge < -0.3 is 5.73 Å². The van der Waals surface area contributed by atoms with Gasteiger partial charge in [0.2, 0.25) is 0 Å². The Morgan fingerprint density at radius 3 is 3.00 bits per heavy atom. The van der Waals surface area contributed by atoms with Crippen LogP contribution in [0, 0.1) is 5.82 Å². The lowest BCUT2D eigenvalue weighted by Crippen LogP contribution is -1.91. The van der Waals surface area contributed by atoms with Crippen LogP contribution in [0.25, 0.3) is 0 Å². The van der Waals surface area contributed by atoms with Crippen LogP contribution < -0.4 is 5.73 Å². The van der Waals surface area contributed by atoms with Gasteiger partial charge in [0.05, 0.1) is 0 Å². The van der Waals surface area contributed by atoms with Gasteiger partial charge in [0, 0.05) is 11.4 Å². The summed E-state index contributed by atoms with van der Waals surface area (Å²) in [6.45, 7) is 0. The fourth-order valence-corrected chi connectivity index (χ4v) is 1.86. The van der Waals surface area contributed by atoms with Crippen molar-refractivity contribution in [2.75, 3.05) is 5.73 Å². The maximum Gasteiger partial charge on any atom is 0.183 e. The predicted molar refractivity (Wildman–Crippen MR) is 56.8 cm³/mol. The largest absolute Gasteiger partial charge is 0.399 e. The minimum absolute atomic E-state index is 0.290. The molecule has 0 fully saturated rings. The van der Waals surface area contributed by atoms with Crippen LogP contribution in [0.5, 0.6) is 0 Å². The van der Waals surface area contributed by atoms with E-state index in [9.17, 15) is 4.39 Å². The molecule has 0 saturated carbocycles. The minimum Gasteiger partial charge on any atom is -0.399 e. The van der Waals surface area contributed by atoms with E-state index in [1.807, 2.05) is 0 Å². The number of aromatic nitrogens is 3. The van der Waals surface area contributed by atoms with Crippen LogP contribution in [0.2, 0.25) is 0 Å². The van der Waals surface area contributed by atoms with Crippen LogP contribution >= 0.6 is 11.8 Å². The van der Waals surface area contributed by atoms with Crippen LogP contribution in [0.3, 0.4) is 0 Å². The Balaban J connectivity index is 2.05. The van der Waals surface area contributed by atoms with Crippen molar-refractivity contribution in [3.05, 3.63) is 35.9 Å². The number of nitrogens with two attached hydrogens (primary N) is 1. The number of thioether (sulfide) groups is 1. The molecule has 2 aromatic rings. The average molecular weight is 224 g/mol. The first-order valence-electron chi connectivity index (χ1n) is 4.28. The van der Waals surface area contributed by atoms with E-state index in [2.05, 4.69) is 15.2 Å². The first-order valence-corrected chi connectivity index (χ1v) is 5.26. The zero-order chi connectivity index (χ0) is 10.7. The summed E-state index contributed by atoms with van der Waals surface area (Å²) in [6, 6.07) is 4.67. The quantitative estimate of drug-likeness (QED) is 0.616. The van der Waals surface area contributed by atoms with Gasteiger partial charge in [-0.3, -0.25) is 5.10 Å². The van der Waals surface area contributed by atoms with Crippen LogP contribution in [-0.4, -0.2) is 15.2 Å². The van der Waals surface area contributed by atoms with E-state index in [4.69, 9.17) is 5.73 Å². The number of nitrogens with one attached hydrogen (secondary N) is 1. The molecule has 15 heavy (non-hydrogen) atoms. The molecule has 0 amide bonds. The van der Waals surface area contributed by atoms with Crippen molar-refractivity contribution in [1.29, 1.82) is 0 Å². The van der Waals surface area contributed by atoms with Gasteiger partial charge in [-0.2, -0.15) is 5.10 Å². The van der Waals surface area contributed by atoms with Crippen molar-refractivity contribution in [3.63, 3.8) is 0 Å². The average Bonchev–Trinajstić information content (AvgIpc) is 2.69. The number of nitrogens with zero attached hydrogens (tertiary/aromatic N) is 2. The molecule has 0 spiro atoms. The van der Waals surface area contributed by atoms with E-state index < -0.39 is 0 Å². The lowest BCUT2D eigenvalue weighted by atomic mass is 10.2. The van der Waals surface area contributed by atoms with E-state index >= 15 is 0 Å². The topological polar surface area (TPSA) is 67.6 Å². The van der Waals surface area contributed by atoms with Gasteiger partial charge in [-0.15, -0.1) is 0 Å². The molecule has 0 radical (unpaired) electrons. The molecule has 0 unspecified atom stereocenters. The van der Waals surface area contributed by atoms with Crippen LogP contribution in [0.4, 0.5) is 10.1 Å². The number of nitrogen functional groups attached to an aromatic ring is 1. The van der Waals surface area contributed by atoms with Gasteiger partial charge in [0.25, 0.3) is 0 Å². The molecule has 1 heterocycles. The number of benzene rings is 1. The smallest absolute Gasteiger partial charge is 0.183 e. The van der Waals surface area contributed by atoms with Gasteiger partial charge in [-0.05, 0) is 17.7 Å². The summed E-state index contributed by atoms with van der Waals surface area (Å²) in [6.07, 6.45) is 1.42. The van der Waals surface area contributed by atoms with Crippen molar-refractivity contribution < 1.29 is 4.39 Å². The number of anilines is 1. The molecule has 0 atom stereocenters. The van der Waals surface area contributed by atoms with E-state index in [0.717, 1.165) is 0 Å². The molecule has 0 aliphatic heterocycles. The van der Waals surface area contributed by atoms with E-state index in [1.165, 1.54) is 24.2 Å². The summed E-state index contributed by atoms with van der Waals surface area (Å²) >= 11 is 1.39. The molecule has 3 N–H and O–H groups in total. The Hall–Kier alpha value is -1.56. The van der Waals surface area contributed by atoms with Crippen LogP contribution in [-0.2, 0) is 5.75 Å². The third kappa shape index (κ3) is 2.47. The number of hydrogen-bond donors (Lipinski definition) is 2. The summed E-state index contributed by atoms with van der Waals surface area (Å²) < 4.78 is 13.3.